The van der Waals surface area contributed by atoms with E-state index in [1.54, 1.807) is 18.9 Å². The number of methoxy groups -OCH3 is 1. The lowest BCUT2D eigenvalue weighted by Gasteiger charge is -2.09. The highest BCUT2D eigenvalue weighted by Crippen LogP contribution is 2.43. The standard InChI is InChI=1S/C22H18BrNOS/c1-24-20-13-10-16(23)14-19(20)22(26-18-6-4-3-5-7-18)21(24)15-8-11-17(25-2)12-9-15/h3-14H,1-2H3. The van der Waals surface area contributed by atoms with Crippen LogP contribution >= 0.6 is 27.7 Å². The molecule has 26 heavy (non-hydrogen) atoms. The van der Waals surface area contributed by atoms with Crippen molar-refractivity contribution in [3.05, 3.63) is 77.3 Å². The number of aryl methyl sites for hydroxylation is 1. The molecule has 0 amide bonds. The molecule has 4 rings (SSSR count). The van der Waals surface area contributed by atoms with Crippen molar-refractivity contribution < 1.29 is 4.74 Å². The van der Waals surface area contributed by atoms with E-state index in [-0.39, 0.29) is 0 Å². The van der Waals surface area contributed by atoms with E-state index in [4.69, 9.17) is 4.74 Å². The lowest BCUT2D eigenvalue weighted by molar-refractivity contribution is 0.415. The fourth-order valence-electron chi connectivity index (χ4n) is 3.17. The second-order valence-electron chi connectivity index (χ2n) is 6.04. The van der Waals surface area contributed by atoms with Crippen molar-refractivity contribution in [1.29, 1.82) is 0 Å². The van der Waals surface area contributed by atoms with E-state index >= 15 is 0 Å². The summed E-state index contributed by atoms with van der Waals surface area (Å²) in [7, 11) is 3.82. The summed E-state index contributed by atoms with van der Waals surface area (Å²) in [5.41, 5.74) is 3.62. The van der Waals surface area contributed by atoms with E-state index < -0.39 is 0 Å². The predicted octanol–water partition coefficient (Wildman–Crippen LogP) is 6.77. The molecule has 0 atom stereocenters. The van der Waals surface area contributed by atoms with Gasteiger partial charge in [-0.25, -0.2) is 0 Å². The Morgan fingerprint density at radius 2 is 1.65 bits per heavy atom. The lowest BCUT2D eigenvalue weighted by Crippen LogP contribution is -1.92. The van der Waals surface area contributed by atoms with E-state index in [9.17, 15) is 0 Å². The summed E-state index contributed by atoms with van der Waals surface area (Å²) in [6, 6.07) is 25.2. The third-order valence-corrected chi connectivity index (χ3v) is 6.06. The molecule has 0 N–H and O–H groups in total. The van der Waals surface area contributed by atoms with Gasteiger partial charge >= 0.3 is 0 Å². The van der Waals surface area contributed by atoms with Gasteiger partial charge in [-0.3, -0.25) is 0 Å². The van der Waals surface area contributed by atoms with Gasteiger partial charge in [0.1, 0.15) is 5.75 Å². The van der Waals surface area contributed by atoms with Crippen LogP contribution in [0.15, 0.2) is 87.1 Å². The van der Waals surface area contributed by atoms with Gasteiger partial charge in [0.25, 0.3) is 0 Å². The summed E-state index contributed by atoms with van der Waals surface area (Å²) in [6.45, 7) is 0. The molecule has 1 heterocycles. The van der Waals surface area contributed by atoms with Crippen molar-refractivity contribution in [2.75, 3.05) is 7.11 Å². The van der Waals surface area contributed by atoms with E-state index in [2.05, 4.69) is 82.1 Å². The lowest BCUT2D eigenvalue weighted by atomic mass is 10.1. The van der Waals surface area contributed by atoms with Crippen molar-refractivity contribution >= 4 is 38.6 Å². The van der Waals surface area contributed by atoms with Gasteiger partial charge in [0.15, 0.2) is 0 Å². The molecule has 2 nitrogen and oxygen atoms in total. The average Bonchev–Trinajstić information content (AvgIpc) is 2.94. The summed E-state index contributed by atoms with van der Waals surface area (Å²) in [5.74, 6) is 0.868. The van der Waals surface area contributed by atoms with Gasteiger partial charge in [-0.05, 0) is 60.2 Å². The monoisotopic (exact) mass is 423 g/mol. The SMILES string of the molecule is COc1ccc(-c2c(Sc3ccccc3)c3cc(Br)ccc3n2C)cc1. The third kappa shape index (κ3) is 3.15. The first kappa shape index (κ1) is 17.3. The minimum atomic E-state index is 0.868. The molecule has 1 aromatic heterocycles. The molecule has 0 fully saturated rings. The number of halogens is 1. The number of hydrogen-bond donors (Lipinski definition) is 0. The van der Waals surface area contributed by atoms with Crippen LogP contribution in [0.5, 0.6) is 5.75 Å². The van der Waals surface area contributed by atoms with Crippen LogP contribution in [0, 0.1) is 0 Å². The molecular weight excluding hydrogens is 406 g/mol. The Morgan fingerprint density at radius 3 is 2.35 bits per heavy atom. The van der Waals surface area contributed by atoms with Crippen molar-refractivity contribution in [3.63, 3.8) is 0 Å². The summed E-state index contributed by atoms with van der Waals surface area (Å²) in [6.07, 6.45) is 0. The first-order chi connectivity index (χ1) is 12.7. The summed E-state index contributed by atoms with van der Waals surface area (Å²) in [5, 5.41) is 1.25. The first-order valence-electron chi connectivity index (χ1n) is 8.32. The van der Waals surface area contributed by atoms with E-state index in [1.807, 2.05) is 18.2 Å². The maximum Gasteiger partial charge on any atom is 0.118 e. The highest BCUT2D eigenvalue weighted by atomic mass is 79.9. The smallest absolute Gasteiger partial charge is 0.118 e. The molecule has 0 saturated carbocycles. The van der Waals surface area contributed by atoms with Gasteiger partial charge in [-0.2, -0.15) is 0 Å². The summed E-state index contributed by atoms with van der Waals surface area (Å²) >= 11 is 5.43. The van der Waals surface area contributed by atoms with Gasteiger partial charge in [-0.15, -0.1) is 0 Å². The molecular formula is C22H18BrNOS. The van der Waals surface area contributed by atoms with Crippen LogP contribution in [-0.4, -0.2) is 11.7 Å². The van der Waals surface area contributed by atoms with Crippen LogP contribution in [-0.2, 0) is 7.05 Å². The van der Waals surface area contributed by atoms with E-state index in [1.165, 1.54) is 32.0 Å². The molecule has 4 aromatic rings. The molecule has 0 saturated heterocycles. The van der Waals surface area contributed by atoms with Crippen LogP contribution in [0.4, 0.5) is 0 Å². The van der Waals surface area contributed by atoms with Crippen molar-refractivity contribution in [1.82, 2.24) is 4.57 Å². The number of fused-ring (bicyclic) bond motifs is 1. The molecule has 0 aliphatic heterocycles. The van der Waals surface area contributed by atoms with Gasteiger partial charge in [0.05, 0.1) is 12.8 Å². The van der Waals surface area contributed by atoms with Crippen LogP contribution in [0.25, 0.3) is 22.2 Å². The summed E-state index contributed by atoms with van der Waals surface area (Å²) in [4.78, 5) is 2.50. The van der Waals surface area contributed by atoms with Crippen molar-refractivity contribution in [3.8, 4) is 17.0 Å². The van der Waals surface area contributed by atoms with Gasteiger partial charge in [0, 0.05) is 32.2 Å². The Bertz CT molecular complexity index is 1060. The van der Waals surface area contributed by atoms with Crippen LogP contribution < -0.4 is 4.74 Å². The van der Waals surface area contributed by atoms with Gasteiger partial charge in [-0.1, -0.05) is 45.9 Å². The number of aromatic nitrogens is 1. The second-order valence-corrected chi connectivity index (χ2v) is 8.04. The molecule has 4 heteroatoms. The van der Waals surface area contributed by atoms with Gasteiger partial charge < -0.3 is 9.30 Å². The van der Waals surface area contributed by atoms with E-state index in [0.29, 0.717) is 0 Å². The zero-order chi connectivity index (χ0) is 18.1. The number of hydrogen-bond acceptors (Lipinski definition) is 2. The van der Waals surface area contributed by atoms with Gasteiger partial charge in [0.2, 0.25) is 0 Å². The Morgan fingerprint density at radius 1 is 0.923 bits per heavy atom. The maximum absolute atomic E-state index is 5.32. The van der Waals surface area contributed by atoms with E-state index in [0.717, 1.165) is 10.2 Å². The Labute approximate surface area is 165 Å². The molecule has 0 radical (unpaired) electrons. The number of nitrogens with zero attached hydrogens (tertiary/aromatic N) is 1. The number of rotatable bonds is 4. The molecule has 0 bridgehead atoms. The molecule has 0 aliphatic carbocycles. The van der Waals surface area contributed by atoms with Crippen LogP contribution in [0.3, 0.4) is 0 Å². The topological polar surface area (TPSA) is 14.2 Å². The molecule has 3 aromatic carbocycles. The third-order valence-electron chi connectivity index (χ3n) is 4.44. The summed E-state index contributed by atoms with van der Waals surface area (Å²) < 4.78 is 8.68. The minimum Gasteiger partial charge on any atom is -0.497 e. The van der Waals surface area contributed by atoms with Crippen LogP contribution in [0.1, 0.15) is 0 Å². The van der Waals surface area contributed by atoms with Crippen molar-refractivity contribution in [2.45, 2.75) is 9.79 Å². The zero-order valence-corrected chi connectivity index (χ0v) is 17.0. The predicted molar refractivity (Wildman–Crippen MR) is 113 cm³/mol. The minimum absolute atomic E-state index is 0.868. The number of benzene rings is 3. The van der Waals surface area contributed by atoms with Crippen LogP contribution in [0.2, 0.25) is 0 Å². The Kier molecular flexibility index (Phi) is 4.79. The fraction of sp³-hybridized carbons (Fsp3) is 0.0909. The average molecular weight is 424 g/mol. The van der Waals surface area contributed by atoms with Crippen molar-refractivity contribution in [2.24, 2.45) is 7.05 Å². The molecule has 130 valence electrons. The molecule has 0 spiro atoms. The molecule has 0 aliphatic rings. The quantitative estimate of drug-likeness (QED) is 0.359. The largest absolute Gasteiger partial charge is 0.497 e. The highest BCUT2D eigenvalue weighted by Gasteiger charge is 2.18. The zero-order valence-electron chi connectivity index (χ0n) is 14.6. The fourth-order valence-corrected chi connectivity index (χ4v) is 4.68. The highest BCUT2D eigenvalue weighted by molar-refractivity contribution is 9.10. The Hall–Kier alpha value is -2.17. The number of ether oxygens (including phenoxy) is 1. The Balaban J connectivity index is 1.94. The second kappa shape index (κ2) is 7.22. The normalized spacial score (nSPS) is 11.0. The molecule has 0 unspecified atom stereocenters. The first-order valence-corrected chi connectivity index (χ1v) is 9.93. The maximum atomic E-state index is 5.32.